The number of amides is 3. The number of rotatable bonds is 5. The molecule has 2 heterocycles. The lowest BCUT2D eigenvalue weighted by Gasteiger charge is -2.25. The smallest absolute Gasteiger partial charge is 0.326 e. The van der Waals surface area contributed by atoms with E-state index in [1.807, 2.05) is 0 Å². The van der Waals surface area contributed by atoms with Crippen LogP contribution >= 0.6 is 0 Å². The van der Waals surface area contributed by atoms with Crippen molar-refractivity contribution in [2.75, 3.05) is 13.1 Å². The molecule has 2 N–H and O–H groups in total. The summed E-state index contributed by atoms with van der Waals surface area (Å²) < 4.78 is 25.4. The number of fused-ring (bicyclic) bond motifs is 1. The van der Waals surface area contributed by atoms with Gasteiger partial charge in [-0.15, -0.1) is 0 Å². The summed E-state index contributed by atoms with van der Waals surface area (Å²) >= 11 is 0. The Bertz CT molecular complexity index is 959. The molecule has 0 aromatic heterocycles. The van der Waals surface area contributed by atoms with Crippen LogP contribution in [0.1, 0.15) is 30.1 Å². The summed E-state index contributed by atoms with van der Waals surface area (Å²) in [6, 6.07) is 3.64. The van der Waals surface area contributed by atoms with Crippen molar-refractivity contribution in [2.24, 2.45) is 0 Å². The molecule has 150 valence electrons. The second kappa shape index (κ2) is 7.23. The van der Waals surface area contributed by atoms with E-state index in [2.05, 4.69) is 5.32 Å². The van der Waals surface area contributed by atoms with E-state index in [0.29, 0.717) is 17.1 Å². The van der Waals surface area contributed by atoms with Crippen molar-refractivity contribution in [3.05, 3.63) is 29.8 Å². The van der Waals surface area contributed by atoms with Crippen molar-refractivity contribution in [1.82, 2.24) is 14.5 Å². The zero-order valence-electron chi connectivity index (χ0n) is 15.0. The van der Waals surface area contributed by atoms with Crippen LogP contribution in [0.5, 0.6) is 0 Å². The molecule has 1 saturated heterocycles. The molecular formula is C17H19N3O7S. The summed E-state index contributed by atoms with van der Waals surface area (Å²) in [7, 11) is -4.13. The van der Waals surface area contributed by atoms with Crippen molar-refractivity contribution in [2.45, 2.75) is 36.7 Å². The van der Waals surface area contributed by atoms with Crippen LogP contribution < -0.4 is 5.32 Å². The van der Waals surface area contributed by atoms with Crippen LogP contribution in [-0.4, -0.2) is 71.6 Å². The molecule has 0 radical (unpaired) electrons. The van der Waals surface area contributed by atoms with Gasteiger partial charge in [0.15, 0.2) is 0 Å². The molecule has 10 nitrogen and oxygen atoms in total. The predicted octanol–water partition coefficient (Wildman–Crippen LogP) is -0.589. The third-order valence-corrected chi connectivity index (χ3v) is 6.56. The monoisotopic (exact) mass is 409 g/mol. The van der Waals surface area contributed by atoms with Gasteiger partial charge in [-0.3, -0.25) is 14.4 Å². The Labute approximate surface area is 161 Å². The van der Waals surface area contributed by atoms with Crippen LogP contribution in [-0.2, 0) is 24.4 Å². The van der Waals surface area contributed by atoms with Gasteiger partial charge in [-0.2, -0.15) is 0 Å². The molecule has 1 aromatic rings. The maximum atomic E-state index is 12.5. The number of benzene rings is 1. The average molecular weight is 409 g/mol. The van der Waals surface area contributed by atoms with Gasteiger partial charge < -0.3 is 15.3 Å². The minimum absolute atomic E-state index is 0.0132. The molecule has 28 heavy (non-hydrogen) atoms. The summed E-state index contributed by atoms with van der Waals surface area (Å²) in [4.78, 5) is 49.3. The van der Waals surface area contributed by atoms with Gasteiger partial charge in [-0.1, -0.05) is 12.1 Å². The maximum absolute atomic E-state index is 12.5. The van der Waals surface area contributed by atoms with Gasteiger partial charge in [0.2, 0.25) is 11.8 Å². The Morgan fingerprint density at radius 1 is 1.29 bits per heavy atom. The van der Waals surface area contributed by atoms with Crippen LogP contribution in [0, 0.1) is 0 Å². The first-order chi connectivity index (χ1) is 13.1. The average Bonchev–Trinajstić information content (AvgIpc) is 3.20. The third-order valence-electron chi connectivity index (χ3n) is 4.77. The number of carbonyl (C=O) groups is 4. The Morgan fingerprint density at radius 2 is 1.96 bits per heavy atom. The van der Waals surface area contributed by atoms with E-state index in [0.717, 1.165) is 0 Å². The maximum Gasteiger partial charge on any atom is 0.326 e. The number of hydrogen-bond acceptors (Lipinski definition) is 6. The van der Waals surface area contributed by atoms with Gasteiger partial charge in [0.05, 0.1) is 5.56 Å². The number of sulfonamides is 1. The second-order valence-corrected chi connectivity index (χ2v) is 8.46. The zero-order chi connectivity index (χ0) is 20.6. The second-order valence-electron chi connectivity index (χ2n) is 6.63. The highest BCUT2D eigenvalue weighted by atomic mass is 32.2. The Kier molecular flexibility index (Phi) is 5.11. The minimum atomic E-state index is -4.13. The topological polar surface area (TPSA) is 141 Å². The molecule has 3 rings (SSSR count). The van der Waals surface area contributed by atoms with E-state index in [1.54, 1.807) is 0 Å². The van der Waals surface area contributed by atoms with E-state index in [9.17, 15) is 27.6 Å². The standard InChI is InChI=1S/C17H19N3O7S/c1-10(15(22)19-8-4-6-12(19)17(24)25)18-14(21)9-20-16(23)11-5-2-3-7-13(11)28(20,26)27/h2-3,5,7,10,12H,4,6,8-9H2,1H3,(H,18,21)(H,24,25). The molecule has 11 heteroatoms. The van der Waals surface area contributed by atoms with Gasteiger partial charge in [0, 0.05) is 6.54 Å². The number of nitrogens with zero attached hydrogens (tertiary/aromatic N) is 2. The van der Waals surface area contributed by atoms with Gasteiger partial charge in [-0.05, 0) is 31.9 Å². The number of hydrogen-bond donors (Lipinski definition) is 2. The zero-order valence-corrected chi connectivity index (χ0v) is 15.8. The molecule has 0 aliphatic carbocycles. The highest BCUT2D eigenvalue weighted by Crippen LogP contribution is 2.29. The first-order valence-corrected chi connectivity index (χ1v) is 10.1. The van der Waals surface area contributed by atoms with Crippen LogP contribution in [0.25, 0.3) is 0 Å². The van der Waals surface area contributed by atoms with E-state index < -0.39 is 52.3 Å². The summed E-state index contributed by atoms with van der Waals surface area (Å²) in [5.41, 5.74) is -0.0132. The minimum Gasteiger partial charge on any atom is -0.480 e. The molecule has 3 amide bonds. The number of aliphatic carboxylic acids is 1. The first-order valence-electron chi connectivity index (χ1n) is 8.63. The van der Waals surface area contributed by atoms with Crippen LogP contribution in [0.4, 0.5) is 0 Å². The number of carboxylic acids is 1. The van der Waals surface area contributed by atoms with E-state index in [4.69, 9.17) is 5.11 Å². The quantitative estimate of drug-likeness (QED) is 0.662. The SMILES string of the molecule is CC(NC(=O)CN1C(=O)c2ccccc2S1(=O)=O)C(=O)N1CCCC1C(=O)O. The molecule has 2 aliphatic rings. The highest BCUT2D eigenvalue weighted by molar-refractivity contribution is 7.90. The largest absolute Gasteiger partial charge is 0.480 e. The lowest BCUT2D eigenvalue weighted by Crippen LogP contribution is -2.52. The Balaban J connectivity index is 1.67. The Hall–Kier alpha value is -2.95. The number of likely N-dealkylation sites (tertiary alicyclic amines) is 1. The molecule has 2 aliphatic heterocycles. The summed E-state index contributed by atoms with van der Waals surface area (Å²) in [5, 5.41) is 11.5. The van der Waals surface area contributed by atoms with E-state index in [1.165, 1.54) is 36.1 Å². The van der Waals surface area contributed by atoms with Gasteiger partial charge >= 0.3 is 5.97 Å². The van der Waals surface area contributed by atoms with Crippen molar-refractivity contribution in [3.63, 3.8) is 0 Å². The van der Waals surface area contributed by atoms with Gasteiger partial charge in [0.1, 0.15) is 23.5 Å². The van der Waals surface area contributed by atoms with Crippen molar-refractivity contribution in [1.29, 1.82) is 0 Å². The molecule has 0 spiro atoms. The molecular weight excluding hydrogens is 390 g/mol. The van der Waals surface area contributed by atoms with E-state index >= 15 is 0 Å². The first kappa shape index (κ1) is 19.8. The molecule has 1 fully saturated rings. The molecule has 0 bridgehead atoms. The molecule has 1 aromatic carbocycles. The van der Waals surface area contributed by atoms with Crippen molar-refractivity contribution in [3.8, 4) is 0 Å². The fraction of sp³-hybridized carbons (Fsp3) is 0.412. The lowest BCUT2D eigenvalue weighted by molar-refractivity contribution is -0.149. The third kappa shape index (κ3) is 3.33. The molecule has 0 saturated carbocycles. The summed E-state index contributed by atoms with van der Waals surface area (Å²) in [5.74, 6) is -3.33. The number of carbonyl (C=O) groups excluding carboxylic acids is 3. The normalized spacial score (nSPS) is 21.3. The van der Waals surface area contributed by atoms with Crippen molar-refractivity contribution < 1.29 is 32.7 Å². The summed E-state index contributed by atoms with van der Waals surface area (Å²) in [6.45, 7) is 0.882. The molecule has 2 atom stereocenters. The van der Waals surface area contributed by atoms with Crippen LogP contribution in [0.2, 0.25) is 0 Å². The number of carboxylic acid groups (broad SMARTS) is 1. The van der Waals surface area contributed by atoms with Gasteiger partial charge in [-0.25, -0.2) is 17.5 Å². The lowest BCUT2D eigenvalue weighted by atomic mass is 10.2. The Morgan fingerprint density at radius 3 is 2.61 bits per heavy atom. The number of nitrogens with one attached hydrogen (secondary N) is 1. The van der Waals surface area contributed by atoms with E-state index in [-0.39, 0.29) is 17.0 Å². The highest BCUT2D eigenvalue weighted by Gasteiger charge is 2.42. The molecule has 2 unspecified atom stereocenters. The van der Waals surface area contributed by atoms with Crippen LogP contribution in [0.15, 0.2) is 29.2 Å². The fourth-order valence-electron chi connectivity index (χ4n) is 3.40. The fourth-order valence-corrected chi connectivity index (χ4v) is 4.93. The summed E-state index contributed by atoms with van der Waals surface area (Å²) in [6.07, 6.45) is 0.878. The van der Waals surface area contributed by atoms with Gasteiger partial charge in [0.25, 0.3) is 15.9 Å². The van der Waals surface area contributed by atoms with Crippen molar-refractivity contribution >= 4 is 33.7 Å². The predicted molar refractivity (Wildman–Crippen MR) is 94.6 cm³/mol. The van der Waals surface area contributed by atoms with Crippen LogP contribution in [0.3, 0.4) is 0 Å².